The molecule has 1 aromatic carbocycles. The van der Waals surface area contributed by atoms with Crippen molar-refractivity contribution in [3.63, 3.8) is 0 Å². The molecule has 1 aromatic rings. The van der Waals surface area contributed by atoms with Crippen molar-refractivity contribution in [3.05, 3.63) is 28.7 Å². The molecule has 94 valence electrons. The van der Waals surface area contributed by atoms with Crippen molar-refractivity contribution in [1.29, 1.82) is 0 Å². The second-order valence-corrected chi connectivity index (χ2v) is 8.06. The quantitative estimate of drug-likeness (QED) is 0.851. The lowest BCUT2D eigenvalue weighted by atomic mass is 10.3. The van der Waals surface area contributed by atoms with Crippen molar-refractivity contribution in [1.82, 2.24) is 4.31 Å². The van der Waals surface area contributed by atoms with Crippen LogP contribution in [0.2, 0.25) is 0 Å². The van der Waals surface area contributed by atoms with E-state index >= 15 is 0 Å². The van der Waals surface area contributed by atoms with Crippen LogP contribution in [0, 0.1) is 0 Å². The summed E-state index contributed by atoms with van der Waals surface area (Å²) in [5.41, 5.74) is 0. The molecule has 1 heterocycles. The van der Waals surface area contributed by atoms with E-state index in [2.05, 4.69) is 15.9 Å². The van der Waals surface area contributed by atoms with E-state index in [1.165, 1.54) is 4.31 Å². The molecule has 0 amide bonds. The van der Waals surface area contributed by atoms with Crippen LogP contribution >= 0.6 is 27.7 Å². The zero-order chi connectivity index (χ0) is 12.5. The maximum Gasteiger partial charge on any atom is 0.243 e. The average molecular weight is 336 g/mol. The lowest BCUT2D eigenvalue weighted by Gasteiger charge is -2.23. The Morgan fingerprint density at radius 2 is 2.00 bits per heavy atom. The Morgan fingerprint density at radius 3 is 2.53 bits per heavy atom. The highest BCUT2D eigenvalue weighted by atomic mass is 79.9. The number of sulfonamides is 1. The minimum Gasteiger partial charge on any atom is -0.207 e. The van der Waals surface area contributed by atoms with Crippen LogP contribution in [0.15, 0.2) is 33.6 Å². The fraction of sp³-hybridized carbons (Fsp3) is 0.455. The minimum absolute atomic E-state index is 0.133. The number of hydrogen-bond donors (Lipinski definition) is 0. The van der Waals surface area contributed by atoms with Gasteiger partial charge >= 0.3 is 0 Å². The van der Waals surface area contributed by atoms with Gasteiger partial charge in [0.25, 0.3) is 0 Å². The van der Waals surface area contributed by atoms with Crippen molar-refractivity contribution in [2.75, 3.05) is 18.6 Å². The highest BCUT2D eigenvalue weighted by Crippen LogP contribution is 2.26. The molecule has 1 saturated heterocycles. The van der Waals surface area contributed by atoms with E-state index in [0.717, 1.165) is 22.4 Å². The van der Waals surface area contributed by atoms with Gasteiger partial charge < -0.3 is 0 Å². The SMILES string of the molecule is CN(C1CCSC1)S(=O)(=O)c1ccc(Br)cc1. The first-order valence-electron chi connectivity index (χ1n) is 5.33. The summed E-state index contributed by atoms with van der Waals surface area (Å²) in [5, 5.41) is 0. The first kappa shape index (κ1) is 13.4. The second-order valence-electron chi connectivity index (χ2n) is 3.99. The fourth-order valence-electron chi connectivity index (χ4n) is 1.78. The van der Waals surface area contributed by atoms with E-state index < -0.39 is 10.0 Å². The summed E-state index contributed by atoms with van der Waals surface area (Å²) in [6.45, 7) is 0. The second kappa shape index (κ2) is 5.30. The van der Waals surface area contributed by atoms with Crippen molar-refractivity contribution < 1.29 is 8.42 Å². The maximum atomic E-state index is 12.3. The molecule has 1 atom stereocenters. The van der Waals surface area contributed by atoms with E-state index in [0.29, 0.717) is 4.90 Å². The van der Waals surface area contributed by atoms with E-state index in [1.807, 2.05) is 11.8 Å². The first-order chi connectivity index (χ1) is 8.01. The highest BCUT2D eigenvalue weighted by Gasteiger charge is 2.30. The Labute approximate surface area is 115 Å². The largest absolute Gasteiger partial charge is 0.243 e. The molecule has 0 spiro atoms. The molecule has 1 aliphatic heterocycles. The van der Waals surface area contributed by atoms with E-state index in [9.17, 15) is 8.42 Å². The highest BCUT2D eigenvalue weighted by molar-refractivity contribution is 9.10. The molecule has 1 unspecified atom stereocenters. The zero-order valence-corrected chi connectivity index (χ0v) is 12.7. The molecule has 0 aromatic heterocycles. The molecular weight excluding hydrogens is 322 g/mol. The van der Waals surface area contributed by atoms with Crippen molar-refractivity contribution >= 4 is 37.7 Å². The number of nitrogens with zero attached hydrogens (tertiary/aromatic N) is 1. The van der Waals surface area contributed by atoms with Crippen molar-refractivity contribution in [2.45, 2.75) is 17.4 Å². The first-order valence-corrected chi connectivity index (χ1v) is 8.72. The fourth-order valence-corrected chi connectivity index (χ4v) is 4.79. The maximum absolute atomic E-state index is 12.3. The molecule has 0 bridgehead atoms. The molecule has 1 fully saturated rings. The molecule has 6 heteroatoms. The average Bonchev–Trinajstić information content (AvgIpc) is 2.82. The van der Waals surface area contributed by atoms with E-state index in [1.54, 1.807) is 31.3 Å². The summed E-state index contributed by atoms with van der Waals surface area (Å²) < 4.78 is 27.1. The summed E-state index contributed by atoms with van der Waals surface area (Å²) in [7, 11) is -1.67. The van der Waals surface area contributed by atoms with Gasteiger partial charge in [-0.3, -0.25) is 0 Å². The molecule has 17 heavy (non-hydrogen) atoms. The zero-order valence-electron chi connectivity index (χ0n) is 9.47. The summed E-state index contributed by atoms with van der Waals surface area (Å²) >= 11 is 5.11. The van der Waals surface area contributed by atoms with Crippen LogP contribution in [0.4, 0.5) is 0 Å². The van der Waals surface area contributed by atoms with E-state index in [4.69, 9.17) is 0 Å². The third-order valence-corrected chi connectivity index (χ3v) is 6.51. The van der Waals surface area contributed by atoms with E-state index in [-0.39, 0.29) is 6.04 Å². The van der Waals surface area contributed by atoms with Crippen LogP contribution in [0.5, 0.6) is 0 Å². The lowest BCUT2D eigenvalue weighted by molar-refractivity contribution is 0.394. The number of thioether (sulfide) groups is 1. The Bertz CT molecular complexity index is 481. The van der Waals surface area contributed by atoms with Gasteiger partial charge in [0, 0.05) is 23.3 Å². The Kier molecular flexibility index (Phi) is 4.18. The monoisotopic (exact) mass is 335 g/mol. The molecule has 1 aliphatic rings. The molecule has 0 aliphatic carbocycles. The van der Waals surface area contributed by atoms with Gasteiger partial charge in [0.1, 0.15) is 0 Å². The summed E-state index contributed by atoms with van der Waals surface area (Å²) in [6, 6.07) is 6.92. The minimum atomic E-state index is -3.34. The van der Waals surface area contributed by atoms with Gasteiger partial charge in [-0.25, -0.2) is 8.42 Å². The standard InChI is InChI=1S/C11H14BrNO2S2/c1-13(10-6-7-16-8-10)17(14,15)11-4-2-9(12)3-5-11/h2-5,10H,6-8H2,1H3. The van der Waals surface area contributed by atoms with Crippen molar-refractivity contribution in [3.8, 4) is 0 Å². The van der Waals surface area contributed by atoms with Crippen LogP contribution in [0.3, 0.4) is 0 Å². The predicted molar refractivity (Wildman–Crippen MR) is 74.8 cm³/mol. The van der Waals surface area contributed by atoms with Gasteiger partial charge in [-0.15, -0.1) is 0 Å². The van der Waals surface area contributed by atoms with Gasteiger partial charge in [0.05, 0.1) is 4.90 Å². The lowest BCUT2D eigenvalue weighted by Crippen LogP contribution is -2.36. The van der Waals surface area contributed by atoms with Crippen LogP contribution in [0.1, 0.15) is 6.42 Å². The summed E-state index contributed by atoms with van der Waals surface area (Å²) in [4.78, 5) is 0.361. The molecule has 0 N–H and O–H groups in total. The summed E-state index contributed by atoms with van der Waals surface area (Å²) in [6.07, 6.45) is 0.941. The third-order valence-electron chi connectivity index (χ3n) is 2.91. The van der Waals surface area contributed by atoms with Crippen molar-refractivity contribution in [2.24, 2.45) is 0 Å². The Hall–Kier alpha value is -0.0400. The van der Waals surface area contributed by atoms with Gasteiger partial charge in [-0.05, 0) is 36.4 Å². The number of benzene rings is 1. The smallest absolute Gasteiger partial charge is 0.207 e. The van der Waals surface area contributed by atoms with Crippen LogP contribution < -0.4 is 0 Å². The normalized spacial score (nSPS) is 21.0. The van der Waals surface area contributed by atoms with Crippen LogP contribution in [-0.4, -0.2) is 37.3 Å². The summed E-state index contributed by atoms with van der Waals surface area (Å²) in [5.74, 6) is 1.94. The molecular formula is C11H14BrNO2S2. The number of halogens is 1. The van der Waals surface area contributed by atoms with Crippen LogP contribution in [-0.2, 0) is 10.0 Å². The Balaban J connectivity index is 2.26. The topological polar surface area (TPSA) is 37.4 Å². The van der Waals surface area contributed by atoms with Crippen LogP contribution in [0.25, 0.3) is 0 Å². The number of hydrogen-bond acceptors (Lipinski definition) is 3. The van der Waals surface area contributed by atoms with Gasteiger partial charge in [-0.2, -0.15) is 16.1 Å². The molecule has 3 nitrogen and oxygen atoms in total. The Morgan fingerprint density at radius 1 is 1.35 bits per heavy atom. The van der Waals surface area contributed by atoms with Gasteiger partial charge in [-0.1, -0.05) is 15.9 Å². The molecule has 0 saturated carbocycles. The molecule has 0 radical (unpaired) electrons. The third kappa shape index (κ3) is 2.86. The predicted octanol–water partition coefficient (Wildman–Crippen LogP) is 2.58. The number of rotatable bonds is 3. The molecule has 2 rings (SSSR count). The van der Waals surface area contributed by atoms with Gasteiger partial charge in [0.15, 0.2) is 0 Å². The van der Waals surface area contributed by atoms with Gasteiger partial charge in [0.2, 0.25) is 10.0 Å².